The standard InChI is InChI=1S/C13H20N4O3/c1-3-11(18)14-9-4-5-17(7-9)13-15-10(8-20-2)6-12(19)16-13/h6,9H,3-5,7-8H2,1-2H3,(H,14,18)(H,15,16,19). The predicted octanol–water partition coefficient (Wildman–Crippen LogP) is 0.0212. The number of hydrogen-bond donors (Lipinski definition) is 2. The van der Waals surface area contributed by atoms with E-state index in [-0.39, 0.29) is 17.5 Å². The Morgan fingerprint density at radius 2 is 2.45 bits per heavy atom. The Balaban J connectivity index is 2.06. The zero-order chi connectivity index (χ0) is 14.5. The van der Waals surface area contributed by atoms with Crippen molar-refractivity contribution in [3.63, 3.8) is 0 Å². The zero-order valence-electron chi connectivity index (χ0n) is 11.8. The molecule has 7 nitrogen and oxygen atoms in total. The number of carbonyl (C=O) groups is 1. The first-order chi connectivity index (χ1) is 9.62. The minimum absolute atomic E-state index is 0.0476. The van der Waals surface area contributed by atoms with Crippen molar-refractivity contribution in [3.05, 3.63) is 22.1 Å². The third kappa shape index (κ3) is 3.57. The number of ether oxygens (including phenoxy) is 1. The molecule has 1 aliphatic rings. The van der Waals surface area contributed by atoms with Crippen LogP contribution < -0.4 is 15.8 Å². The maximum absolute atomic E-state index is 11.6. The monoisotopic (exact) mass is 280 g/mol. The van der Waals surface area contributed by atoms with Gasteiger partial charge < -0.3 is 15.0 Å². The molecule has 1 fully saturated rings. The summed E-state index contributed by atoms with van der Waals surface area (Å²) in [5.41, 5.74) is 0.412. The molecular formula is C13H20N4O3. The molecule has 2 heterocycles. The minimum Gasteiger partial charge on any atom is -0.378 e. The first-order valence-electron chi connectivity index (χ1n) is 6.76. The van der Waals surface area contributed by atoms with Crippen LogP contribution in [0, 0.1) is 0 Å². The number of hydrogen-bond acceptors (Lipinski definition) is 5. The van der Waals surface area contributed by atoms with Crippen LogP contribution in [0.15, 0.2) is 10.9 Å². The van der Waals surface area contributed by atoms with Gasteiger partial charge in [-0.3, -0.25) is 14.6 Å². The fraction of sp³-hybridized carbons (Fsp3) is 0.615. The molecule has 0 bridgehead atoms. The number of nitrogens with one attached hydrogen (secondary N) is 2. The van der Waals surface area contributed by atoms with E-state index in [2.05, 4.69) is 15.3 Å². The van der Waals surface area contributed by atoms with Crippen molar-refractivity contribution in [1.29, 1.82) is 0 Å². The van der Waals surface area contributed by atoms with Gasteiger partial charge in [-0.15, -0.1) is 0 Å². The van der Waals surface area contributed by atoms with E-state index in [1.165, 1.54) is 6.07 Å². The first-order valence-corrected chi connectivity index (χ1v) is 6.76. The number of anilines is 1. The largest absolute Gasteiger partial charge is 0.378 e. The lowest BCUT2D eigenvalue weighted by molar-refractivity contribution is -0.121. The van der Waals surface area contributed by atoms with E-state index in [4.69, 9.17) is 4.74 Å². The van der Waals surface area contributed by atoms with E-state index < -0.39 is 0 Å². The Bertz CT molecular complexity index is 529. The molecule has 0 saturated carbocycles. The van der Waals surface area contributed by atoms with Gasteiger partial charge in [0, 0.05) is 38.7 Å². The van der Waals surface area contributed by atoms with Crippen molar-refractivity contribution in [1.82, 2.24) is 15.3 Å². The Morgan fingerprint density at radius 1 is 1.65 bits per heavy atom. The Labute approximate surface area is 117 Å². The van der Waals surface area contributed by atoms with Gasteiger partial charge in [0.2, 0.25) is 11.9 Å². The molecule has 0 spiro atoms. The topological polar surface area (TPSA) is 87.3 Å². The van der Waals surface area contributed by atoms with Gasteiger partial charge in [0.25, 0.3) is 5.56 Å². The smallest absolute Gasteiger partial charge is 0.252 e. The number of aromatic nitrogens is 2. The van der Waals surface area contributed by atoms with E-state index in [1.54, 1.807) is 7.11 Å². The molecule has 2 rings (SSSR count). The third-order valence-corrected chi connectivity index (χ3v) is 3.25. The fourth-order valence-corrected chi connectivity index (χ4v) is 2.27. The highest BCUT2D eigenvalue weighted by Crippen LogP contribution is 2.15. The number of carbonyl (C=O) groups excluding carboxylic acids is 1. The highest BCUT2D eigenvalue weighted by Gasteiger charge is 2.25. The molecule has 1 atom stereocenters. The van der Waals surface area contributed by atoms with Gasteiger partial charge in [-0.25, -0.2) is 4.98 Å². The van der Waals surface area contributed by atoms with Crippen LogP contribution in [0.25, 0.3) is 0 Å². The number of rotatable bonds is 5. The molecule has 1 unspecified atom stereocenters. The number of methoxy groups -OCH3 is 1. The molecule has 1 saturated heterocycles. The molecule has 1 aromatic heterocycles. The normalized spacial score (nSPS) is 18.3. The number of nitrogens with zero attached hydrogens (tertiary/aromatic N) is 2. The molecular weight excluding hydrogens is 260 g/mol. The molecule has 2 N–H and O–H groups in total. The van der Waals surface area contributed by atoms with Crippen LogP contribution in [0.4, 0.5) is 5.95 Å². The van der Waals surface area contributed by atoms with E-state index >= 15 is 0 Å². The molecule has 20 heavy (non-hydrogen) atoms. The maximum atomic E-state index is 11.6. The van der Waals surface area contributed by atoms with E-state index in [9.17, 15) is 9.59 Å². The van der Waals surface area contributed by atoms with E-state index in [0.717, 1.165) is 13.0 Å². The van der Waals surface area contributed by atoms with Crippen molar-refractivity contribution < 1.29 is 9.53 Å². The SMILES string of the molecule is CCC(=O)NC1CCN(c2nc(COC)cc(=O)[nH]2)C1. The summed E-state index contributed by atoms with van der Waals surface area (Å²) in [6, 6.07) is 1.54. The summed E-state index contributed by atoms with van der Waals surface area (Å²) in [5.74, 6) is 0.587. The quantitative estimate of drug-likeness (QED) is 0.794. The molecule has 0 aromatic carbocycles. The van der Waals surface area contributed by atoms with Gasteiger partial charge in [-0.2, -0.15) is 0 Å². The molecule has 0 radical (unpaired) electrons. The van der Waals surface area contributed by atoms with Crippen LogP contribution in [-0.4, -0.2) is 42.1 Å². The van der Waals surface area contributed by atoms with E-state index in [0.29, 0.717) is 31.2 Å². The van der Waals surface area contributed by atoms with Crippen molar-refractivity contribution in [2.24, 2.45) is 0 Å². The fourth-order valence-electron chi connectivity index (χ4n) is 2.27. The van der Waals surface area contributed by atoms with E-state index in [1.807, 2.05) is 11.8 Å². The van der Waals surface area contributed by atoms with Gasteiger partial charge in [-0.1, -0.05) is 6.92 Å². The average molecular weight is 280 g/mol. The Hall–Kier alpha value is -1.89. The van der Waals surface area contributed by atoms with Crippen LogP contribution in [0.5, 0.6) is 0 Å². The van der Waals surface area contributed by atoms with Gasteiger partial charge in [0.1, 0.15) is 0 Å². The molecule has 0 aliphatic carbocycles. The second-order valence-electron chi connectivity index (χ2n) is 4.85. The summed E-state index contributed by atoms with van der Waals surface area (Å²) >= 11 is 0. The van der Waals surface area contributed by atoms with Crippen LogP contribution in [0.3, 0.4) is 0 Å². The Morgan fingerprint density at radius 3 is 3.15 bits per heavy atom. The molecule has 1 amide bonds. The Kier molecular flexibility index (Phi) is 4.73. The second kappa shape index (κ2) is 6.51. The summed E-state index contributed by atoms with van der Waals surface area (Å²) in [7, 11) is 1.56. The summed E-state index contributed by atoms with van der Waals surface area (Å²) in [5, 5.41) is 2.96. The van der Waals surface area contributed by atoms with Crippen LogP contribution in [0.1, 0.15) is 25.5 Å². The summed E-state index contributed by atoms with van der Waals surface area (Å²) in [6.07, 6.45) is 1.33. The molecule has 1 aromatic rings. The van der Waals surface area contributed by atoms with Crippen molar-refractivity contribution in [2.45, 2.75) is 32.4 Å². The maximum Gasteiger partial charge on any atom is 0.252 e. The number of H-pyrrole nitrogens is 1. The molecule has 110 valence electrons. The third-order valence-electron chi connectivity index (χ3n) is 3.25. The summed E-state index contributed by atoms with van der Waals surface area (Å²) < 4.78 is 5.00. The predicted molar refractivity (Wildman–Crippen MR) is 74.6 cm³/mol. The molecule has 1 aliphatic heterocycles. The minimum atomic E-state index is -0.192. The van der Waals surface area contributed by atoms with Crippen molar-refractivity contribution in [3.8, 4) is 0 Å². The lowest BCUT2D eigenvalue weighted by atomic mass is 10.2. The highest BCUT2D eigenvalue weighted by atomic mass is 16.5. The highest BCUT2D eigenvalue weighted by molar-refractivity contribution is 5.76. The van der Waals surface area contributed by atoms with Gasteiger partial charge in [0.05, 0.1) is 12.3 Å². The van der Waals surface area contributed by atoms with Crippen LogP contribution >= 0.6 is 0 Å². The second-order valence-corrected chi connectivity index (χ2v) is 4.85. The van der Waals surface area contributed by atoms with Gasteiger partial charge in [0.15, 0.2) is 0 Å². The van der Waals surface area contributed by atoms with Crippen LogP contribution in [0.2, 0.25) is 0 Å². The molecule has 7 heteroatoms. The van der Waals surface area contributed by atoms with Crippen molar-refractivity contribution >= 4 is 11.9 Å². The number of amides is 1. The van der Waals surface area contributed by atoms with Crippen molar-refractivity contribution in [2.75, 3.05) is 25.1 Å². The zero-order valence-corrected chi connectivity index (χ0v) is 11.8. The van der Waals surface area contributed by atoms with Crippen LogP contribution in [-0.2, 0) is 16.1 Å². The van der Waals surface area contributed by atoms with Gasteiger partial charge >= 0.3 is 0 Å². The average Bonchev–Trinajstić information content (AvgIpc) is 2.87. The summed E-state index contributed by atoms with van der Waals surface area (Å²) in [6.45, 7) is 3.55. The van der Waals surface area contributed by atoms with Gasteiger partial charge in [-0.05, 0) is 6.42 Å². The lowest BCUT2D eigenvalue weighted by Crippen LogP contribution is -2.37. The lowest BCUT2D eigenvalue weighted by Gasteiger charge is -2.17. The number of aromatic amines is 1. The summed E-state index contributed by atoms with van der Waals surface area (Å²) in [4.78, 5) is 32.1. The first kappa shape index (κ1) is 14.5.